The number of benzene rings is 3. The molecular formula is C35H36N4O. The lowest BCUT2D eigenvalue weighted by molar-refractivity contribution is -0.599. The Morgan fingerprint density at radius 3 is 2.23 bits per heavy atom. The zero-order valence-corrected chi connectivity index (χ0v) is 24.4. The van der Waals surface area contributed by atoms with Gasteiger partial charge in [-0.15, -0.1) is 0 Å². The molecule has 5 heteroatoms. The Morgan fingerprint density at radius 1 is 0.750 bits per heavy atom. The Balaban J connectivity index is 1.50. The van der Waals surface area contributed by atoms with E-state index in [1.54, 1.807) is 0 Å². The van der Waals surface area contributed by atoms with Crippen molar-refractivity contribution in [1.82, 2.24) is 14.1 Å². The Labute approximate surface area is 236 Å². The third kappa shape index (κ3) is 4.77. The van der Waals surface area contributed by atoms with Crippen LogP contribution in [0.15, 0.2) is 91.4 Å². The Hall–Kier alpha value is -4.38. The van der Waals surface area contributed by atoms with Crippen LogP contribution in [0.2, 0.25) is 0 Å². The normalized spacial score (nSPS) is 12.4. The first-order valence-corrected chi connectivity index (χ1v) is 13.8. The molecule has 202 valence electrons. The zero-order chi connectivity index (χ0) is 28.2. The molecule has 0 fully saturated rings. The monoisotopic (exact) mass is 528 g/mol. The molecule has 6 rings (SSSR count). The Morgan fingerprint density at radius 2 is 1.50 bits per heavy atom. The van der Waals surface area contributed by atoms with Gasteiger partial charge in [-0.1, -0.05) is 65.8 Å². The minimum absolute atomic E-state index is 0.0225. The highest BCUT2D eigenvalue weighted by Gasteiger charge is 2.19. The van der Waals surface area contributed by atoms with E-state index < -0.39 is 0 Å². The van der Waals surface area contributed by atoms with Gasteiger partial charge in [0.25, 0.3) is 0 Å². The number of rotatable bonds is 4. The molecule has 6 aromatic rings. The third-order valence-corrected chi connectivity index (χ3v) is 7.46. The highest BCUT2D eigenvalue weighted by atomic mass is 16.5. The molecule has 3 aromatic carbocycles. The Bertz CT molecular complexity index is 1860. The van der Waals surface area contributed by atoms with E-state index in [-0.39, 0.29) is 10.8 Å². The van der Waals surface area contributed by atoms with E-state index in [4.69, 9.17) is 9.72 Å². The number of aromatic nitrogens is 4. The van der Waals surface area contributed by atoms with Crippen LogP contribution >= 0.6 is 0 Å². The molecule has 0 aliphatic carbocycles. The summed E-state index contributed by atoms with van der Waals surface area (Å²) in [5.41, 5.74) is 5.64. The maximum atomic E-state index is 6.59. The minimum atomic E-state index is -0.0381. The molecule has 0 amide bonds. The van der Waals surface area contributed by atoms with E-state index in [1.807, 2.05) is 34.8 Å². The molecule has 3 heterocycles. The van der Waals surface area contributed by atoms with Crippen molar-refractivity contribution in [3.63, 3.8) is 0 Å². The molecular weight excluding hydrogens is 492 g/mol. The highest BCUT2D eigenvalue weighted by molar-refractivity contribution is 6.09. The number of hydrogen-bond acceptors (Lipinski definition) is 2. The van der Waals surface area contributed by atoms with Gasteiger partial charge in [0.15, 0.2) is 0 Å². The van der Waals surface area contributed by atoms with Crippen LogP contribution in [-0.2, 0) is 17.9 Å². The fraction of sp³-hybridized carbons (Fsp3) is 0.257. The van der Waals surface area contributed by atoms with Gasteiger partial charge in [0.2, 0.25) is 6.33 Å². The van der Waals surface area contributed by atoms with E-state index in [0.29, 0.717) is 0 Å². The lowest BCUT2D eigenvalue weighted by Crippen LogP contribution is -2.29. The predicted octanol–water partition coefficient (Wildman–Crippen LogP) is 7.98. The number of nitrogens with zero attached hydrogens (tertiary/aromatic N) is 4. The van der Waals surface area contributed by atoms with Crippen molar-refractivity contribution < 1.29 is 9.30 Å². The quantitative estimate of drug-likeness (QED) is 0.172. The first-order valence-electron chi connectivity index (χ1n) is 13.8. The molecule has 0 saturated carbocycles. The van der Waals surface area contributed by atoms with E-state index in [9.17, 15) is 0 Å². The summed E-state index contributed by atoms with van der Waals surface area (Å²) in [7, 11) is 1.97. The number of aryl methyl sites for hydroxylation is 1. The summed E-state index contributed by atoms with van der Waals surface area (Å²) in [6.07, 6.45) is 9.22. The molecule has 0 atom stereocenters. The molecule has 0 aliphatic rings. The minimum Gasteiger partial charge on any atom is -0.458 e. The van der Waals surface area contributed by atoms with Crippen LogP contribution in [0.3, 0.4) is 0 Å². The number of pyridine rings is 1. The molecule has 0 unspecified atom stereocenters. The van der Waals surface area contributed by atoms with Crippen LogP contribution < -0.4 is 9.30 Å². The van der Waals surface area contributed by atoms with Crippen LogP contribution in [0.1, 0.15) is 52.7 Å². The van der Waals surface area contributed by atoms with Gasteiger partial charge in [0.05, 0.1) is 23.8 Å². The summed E-state index contributed by atoms with van der Waals surface area (Å²) in [5, 5.41) is 2.37. The Kier molecular flexibility index (Phi) is 6.06. The molecule has 0 saturated heterocycles. The molecule has 0 spiro atoms. The van der Waals surface area contributed by atoms with Crippen molar-refractivity contribution in [2.45, 2.75) is 52.4 Å². The second kappa shape index (κ2) is 9.37. The van der Waals surface area contributed by atoms with E-state index in [0.717, 1.165) is 34.0 Å². The van der Waals surface area contributed by atoms with Crippen molar-refractivity contribution in [1.29, 1.82) is 0 Å². The second-order valence-corrected chi connectivity index (χ2v) is 12.6. The van der Waals surface area contributed by atoms with Gasteiger partial charge < -0.3 is 13.9 Å². The lowest BCUT2D eigenvalue weighted by atomic mass is 9.86. The fourth-order valence-electron chi connectivity index (χ4n) is 5.17. The number of imidazole rings is 1. The fourth-order valence-corrected chi connectivity index (χ4v) is 5.17. The molecule has 3 aromatic heterocycles. The number of hydrogen-bond donors (Lipinski definition) is 0. The summed E-state index contributed by atoms with van der Waals surface area (Å²) < 4.78 is 12.8. The van der Waals surface area contributed by atoms with Gasteiger partial charge in [0.1, 0.15) is 17.3 Å². The van der Waals surface area contributed by atoms with Crippen LogP contribution in [-0.4, -0.2) is 14.1 Å². The van der Waals surface area contributed by atoms with E-state index in [1.165, 1.54) is 21.9 Å². The van der Waals surface area contributed by atoms with Gasteiger partial charge in [-0.05, 0) is 64.4 Å². The van der Waals surface area contributed by atoms with Crippen LogP contribution in [0.5, 0.6) is 11.5 Å². The van der Waals surface area contributed by atoms with Crippen LogP contribution in [0.4, 0.5) is 0 Å². The summed E-state index contributed by atoms with van der Waals surface area (Å²) >= 11 is 0. The average molecular weight is 529 g/mol. The molecule has 0 radical (unpaired) electrons. The van der Waals surface area contributed by atoms with E-state index >= 15 is 0 Å². The first-order chi connectivity index (χ1) is 19.0. The van der Waals surface area contributed by atoms with Gasteiger partial charge in [-0.25, -0.2) is 4.98 Å². The van der Waals surface area contributed by atoms with Gasteiger partial charge in [-0.2, -0.15) is 0 Å². The standard InChI is InChI=1S/C35H36N4O/c1-34(2,3)24-14-15-36-33(20-24)39-31-11-9-8-10-29(31)30-13-12-27(22-32(30)39)40-28-19-25(35(4,5)6)18-26(21-28)38-17-16-37(7)23-38/h8-22H,1-7H3. The number of para-hydroxylation sites is 1. The van der Waals surface area contributed by atoms with Crippen molar-refractivity contribution in [2.75, 3.05) is 0 Å². The third-order valence-electron chi connectivity index (χ3n) is 7.46. The van der Waals surface area contributed by atoms with Crippen molar-refractivity contribution in [2.24, 2.45) is 7.05 Å². The largest absolute Gasteiger partial charge is 0.458 e. The molecule has 0 bridgehead atoms. The molecule has 0 N–H and O–H groups in total. The summed E-state index contributed by atoms with van der Waals surface area (Å²) in [6.45, 7) is 13.4. The van der Waals surface area contributed by atoms with Gasteiger partial charge >= 0.3 is 0 Å². The lowest BCUT2D eigenvalue weighted by Gasteiger charge is -2.22. The van der Waals surface area contributed by atoms with Crippen molar-refractivity contribution in [3.05, 3.63) is 109 Å². The summed E-state index contributed by atoms with van der Waals surface area (Å²) in [6, 6.07) is 25.6. The molecule has 40 heavy (non-hydrogen) atoms. The highest BCUT2D eigenvalue weighted by Crippen LogP contribution is 2.36. The number of fused-ring (bicyclic) bond motifs is 3. The maximum Gasteiger partial charge on any atom is 0.243 e. The summed E-state index contributed by atoms with van der Waals surface area (Å²) in [5.74, 6) is 2.48. The van der Waals surface area contributed by atoms with E-state index in [2.05, 4.69) is 125 Å². The van der Waals surface area contributed by atoms with Crippen LogP contribution in [0, 0.1) is 6.33 Å². The average Bonchev–Trinajstić information content (AvgIpc) is 3.48. The van der Waals surface area contributed by atoms with Crippen molar-refractivity contribution >= 4 is 21.8 Å². The predicted molar refractivity (Wildman–Crippen MR) is 162 cm³/mol. The van der Waals surface area contributed by atoms with Gasteiger partial charge in [-0.3, -0.25) is 4.57 Å². The summed E-state index contributed by atoms with van der Waals surface area (Å²) in [4.78, 5) is 4.81. The van der Waals surface area contributed by atoms with Gasteiger partial charge in [0, 0.05) is 35.4 Å². The SMILES string of the molecule is Cn1[c-][n+](-c2cc(Oc3ccc4c5ccccc5n(-c5cc(C(C)(C)C)ccn5)c4c3)cc(C(C)(C)C)c2)cc1. The maximum absolute atomic E-state index is 6.59. The van der Waals surface area contributed by atoms with Crippen molar-refractivity contribution in [3.8, 4) is 23.0 Å². The molecule has 0 aliphatic heterocycles. The molecule has 5 nitrogen and oxygen atoms in total. The zero-order valence-electron chi connectivity index (χ0n) is 24.4. The number of ether oxygens (including phenoxy) is 1. The second-order valence-electron chi connectivity index (χ2n) is 12.6. The smallest absolute Gasteiger partial charge is 0.243 e. The first kappa shape index (κ1) is 25.9. The van der Waals surface area contributed by atoms with Crippen LogP contribution in [0.25, 0.3) is 33.3 Å². The topological polar surface area (TPSA) is 35.9 Å².